The minimum absolute atomic E-state index is 0.00565. The first-order chi connectivity index (χ1) is 5.27. The van der Waals surface area contributed by atoms with E-state index in [1.54, 1.807) is 0 Å². The van der Waals surface area contributed by atoms with Crippen LogP contribution < -0.4 is 4.74 Å². The molecule has 0 fully saturated rings. The van der Waals surface area contributed by atoms with Crippen LogP contribution in [0.5, 0.6) is 5.88 Å². The molecule has 1 heterocycles. The third kappa shape index (κ3) is 1.49. The Hall–Kier alpha value is -1.52. The molecule has 0 atom stereocenters. The minimum atomic E-state index is -0.700. The zero-order valence-electron chi connectivity index (χ0n) is 5.74. The lowest BCUT2D eigenvalue weighted by molar-refractivity contribution is 0.389. The molecule has 0 aliphatic carbocycles. The fourth-order valence-electron chi connectivity index (χ4n) is 0.630. The van der Waals surface area contributed by atoms with Gasteiger partial charge in [-0.25, -0.2) is 0 Å². The van der Waals surface area contributed by atoms with E-state index in [0.29, 0.717) is 0 Å². The second-order valence-corrected chi connectivity index (χ2v) is 1.75. The van der Waals surface area contributed by atoms with Gasteiger partial charge in [0, 0.05) is 0 Å². The Morgan fingerprint density at radius 2 is 2.36 bits per heavy atom. The highest BCUT2D eigenvalue weighted by Crippen LogP contribution is 2.23. The van der Waals surface area contributed by atoms with E-state index in [9.17, 15) is 9.30 Å². The summed E-state index contributed by atoms with van der Waals surface area (Å²) in [5.74, 6) is -0.797. The molecule has 0 spiro atoms. The molecule has 58 valence electrons. The van der Waals surface area contributed by atoms with Gasteiger partial charge in [-0.1, -0.05) is 0 Å². The molecule has 1 aromatic rings. The van der Waals surface area contributed by atoms with Crippen LogP contribution >= 0.6 is 0 Å². The first kappa shape index (κ1) is 7.59. The van der Waals surface area contributed by atoms with Gasteiger partial charge in [0.2, 0.25) is 11.8 Å². The maximum absolute atomic E-state index is 12.3. The van der Waals surface area contributed by atoms with Gasteiger partial charge in [0.05, 0.1) is 7.11 Å². The van der Waals surface area contributed by atoms with Crippen molar-refractivity contribution in [3.05, 3.63) is 23.0 Å². The number of hydrogen-bond acceptors (Lipinski definition) is 4. The number of nitrogens with zero attached hydrogens (tertiary/aromatic N) is 2. The summed E-state index contributed by atoms with van der Waals surface area (Å²) in [6.45, 7) is 0. The molecule has 0 radical (unpaired) electrons. The van der Waals surface area contributed by atoms with Crippen LogP contribution in [-0.2, 0) is 0 Å². The van der Waals surface area contributed by atoms with Crippen LogP contribution in [0.2, 0.25) is 0 Å². The van der Waals surface area contributed by atoms with Gasteiger partial charge in [-0.3, -0.25) is 0 Å². The smallest absolute Gasteiger partial charge is 0.246 e. The second kappa shape index (κ2) is 3.05. The average molecular weight is 156 g/mol. The first-order valence-corrected chi connectivity index (χ1v) is 2.82. The highest BCUT2D eigenvalue weighted by molar-refractivity contribution is 5.45. The lowest BCUT2D eigenvalue weighted by atomic mass is 10.4. The summed E-state index contributed by atoms with van der Waals surface area (Å²) in [6.07, 6.45) is 0. The van der Waals surface area contributed by atoms with Crippen LogP contribution in [0.3, 0.4) is 0 Å². The van der Waals surface area contributed by atoms with Gasteiger partial charge in [-0.2, -0.15) is 9.37 Å². The van der Waals surface area contributed by atoms with Crippen LogP contribution in [0.15, 0.2) is 17.3 Å². The topological polar surface area (TPSA) is 51.6 Å². The van der Waals surface area contributed by atoms with Crippen LogP contribution in [0, 0.1) is 10.9 Å². The molecule has 11 heavy (non-hydrogen) atoms. The number of aromatic nitrogens is 1. The van der Waals surface area contributed by atoms with E-state index >= 15 is 0 Å². The van der Waals surface area contributed by atoms with Crippen molar-refractivity contribution < 1.29 is 9.13 Å². The molecule has 0 unspecified atom stereocenters. The highest BCUT2D eigenvalue weighted by Gasteiger charge is 2.04. The number of pyridine rings is 1. The fourth-order valence-corrected chi connectivity index (χ4v) is 0.630. The van der Waals surface area contributed by atoms with Crippen molar-refractivity contribution in [2.75, 3.05) is 7.11 Å². The second-order valence-electron chi connectivity index (χ2n) is 1.75. The van der Waals surface area contributed by atoms with Crippen LogP contribution in [0.4, 0.5) is 10.1 Å². The third-order valence-corrected chi connectivity index (χ3v) is 1.10. The van der Waals surface area contributed by atoms with E-state index in [0.717, 1.165) is 6.07 Å². The number of rotatable bonds is 2. The zero-order chi connectivity index (χ0) is 8.27. The Balaban J connectivity index is 3.16. The Morgan fingerprint density at radius 1 is 1.64 bits per heavy atom. The van der Waals surface area contributed by atoms with Crippen LogP contribution in [0.25, 0.3) is 0 Å². The molecule has 0 bridgehead atoms. The molecular formula is C6H5FN2O2. The Kier molecular flexibility index (Phi) is 2.10. The summed E-state index contributed by atoms with van der Waals surface area (Å²) in [5, 5.41) is 2.58. The molecule has 0 saturated heterocycles. The summed E-state index contributed by atoms with van der Waals surface area (Å²) in [5.41, 5.74) is -0.00565. The van der Waals surface area contributed by atoms with Gasteiger partial charge in [0.1, 0.15) is 0 Å². The summed E-state index contributed by atoms with van der Waals surface area (Å²) in [4.78, 5) is 13.3. The van der Waals surface area contributed by atoms with E-state index in [1.807, 2.05) is 0 Å². The Morgan fingerprint density at radius 3 is 2.91 bits per heavy atom. The minimum Gasteiger partial charge on any atom is -0.479 e. The molecular weight excluding hydrogens is 151 g/mol. The van der Waals surface area contributed by atoms with Crippen molar-refractivity contribution in [2.24, 2.45) is 5.18 Å². The van der Waals surface area contributed by atoms with E-state index < -0.39 is 5.95 Å². The predicted octanol–water partition coefficient (Wildman–Crippen LogP) is 1.63. The van der Waals surface area contributed by atoms with Crippen molar-refractivity contribution in [1.29, 1.82) is 0 Å². The van der Waals surface area contributed by atoms with Gasteiger partial charge < -0.3 is 4.74 Å². The summed E-state index contributed by atoms with van der Waals surface area (Å²) in [7, 11) is 1.29. The summed E-state index contributed by atoms with van der Waals surface area (Å²) >= 11 is 0. The molecule has 4 nitrogen and oxygen atoms in total. The van der Waals surface area contributed by atoms with Crippen molar-refractivity contribution in [3.63, 3.8) is 0 Å². The van der Waals surface area contributed by atoms with Gasteiger partial charge in [0.25, 0.3) is 0 Å². The van der Waals surface area contributed by atoms with Crippen LogP contribution in [0.1, 0.15) is 0 Å². The van der Waals surface area contributed by atoms with E-state index in [1.165, 1.54) is 13.2 Å². The SMILES string of the molecule is COc1nc(F)ccc1N=O. The molecule has 5 heteroatoms. The number of methoxy groups -OCH3 is 1. The standard InChI is InChI=1S/C6H5FN2O2/c1-11-6-4(9-10)2-3-5(7)8-6/h2-3H,1H3. The van der Waals surface area contributed by atoms with E-state index in [2.05, 4.69) is 14.9 Å². The van der Waals surface area contributed by atoms with Gasteiger partial charge in [0.15, 0.2) is 5.69 Å². The molecule has 0 aromatic carbocycles. The summed E-state index contributed by atoms with van der Waals surface area (Å²) in [6, 6.07) is 2.24. The maximum Gasteiger partial charge on any atom is 0.246 e. The van der Waals surface area contributed by atoms with E-state index in [-0.39, 0.29) is 11.6 Å². The number of nitroso groups, excluding NO2 is 1. The lowest BCUT2D eigenvalue weighted by Crippen LogP contribution is -1.89. The first-order valence-electron chi connectivity index (χ1n) is 2.82. The number of halogens is 1. The van der Waals surface area contributed by atoms with Crippen molar-refractivity contribution in [2.45, 2.75) is 0 Å². The molecule has 0 amide bonds. The Bertz CT molecular complexity index is 277. The molecule has 0 saturated carbocycles. The predicted molar refractivity (Wildman–Crippen MR) is 36.2 cm³/mol. The van der Waals surface area contributed by atoms with Gasteiger partial charge in [-0.05, 0) is 17.3 Å². The van der Waals surface area contributed by atoms with Crippen molar-refractivity contribution in [3.8, 4) is 5.88 Å². The normalized spacial score (nSPS) is 9.27. The van der Waals surface area contributed by atoms with Crippen molar-refractivity contribution >= 4 is 5.69 Å². The van der Waals surface area contributed by atoms with E-state index in [4.69, 9.17) is 0 Å². The number of ether oxygens (including phenoxy) is 1. The average Bonchev–Trinajstić information content (AvgIpc) is 2.04. The highest BCUT2D eigenvalue weighted by atomic mass is 19.1. The quantitative estimate of drug-likeness (QED) is 0.483. The largest absolute Gasteiger partial charge is 0.479 e. The molecule has 0 N–H and O–H groups in total. The molecule has 1 aromatic heterocycles. The van der Waals surface area contributed by atoms with Crippen molar-refractivity contribution in [1.82, 2.24) is 4.98 Å². The maximum atomic E-state index is 12.3. The number of hydrogen-bond donors (Lipinski definition) is 0. The molecule has 1 rings (SSSR count). The third-order valence-electron chi connectivity index (χ3n) is 1.10. The fraction of sp³-hybridized carbons (Fsp3) is 0.167. The molecule has 0 aliphatic rings. The molecule has 0 aliphatic heterocycles. The lowest BCUT2D eigenvalue weighted by Gasteiger charge is -1.98. The monoisotopic (exact) mass is 156 g/mol. The van der Waals surface area contributed by atoms with Gasteiger partial charge in [-0.15, -0.1) is 4.91 Å². The van der Waals surface area contributed by atoms with Gasteiger partial charge >= 0.3 is 0 Å². The van der Waals surface area contributed by atoms with Crippen LogP contribution in [-0.4, -0.2) is 12.1 Å². The Labute approximate surface area is 62.0 Å². The summed E-state index contributed by atoms with van der Waals surface area (Å²) < 4.78 is 16.9. The zero-order valence-corrected chi connectivity index (χ0v) is 5.74.